The molecule has 32 heavy (non-hydrogen) atoms. The highest BCUT2D eigenvalue weighted by Crippen LogP contribution is 2.34. The van der Waals surface area contributed by atoms with E-state index in [-0.39, 0.29) is 11.4 Å². The quantitative estimate of drug-likeness (QED) is 0.458. The van der Waals surface area contributed by atoms with Crippen LogP contribution in [0.1, 0.15) is 10.5 Å². The highest BCUT2D eigenvalue weighted by atomic mass is 19.2. The van der Waals surface area contributed by atoms with E-state index < -0.39 is 17.5 Å². The third-order valence-corrected chi connectivity index (χ3v) is 4.82. The monoisotopic (exact) mass is 435 g/mol. The summed E-state index contributed by atoms with van der Waals surface area (Å²) in [5.41, 5.74) is 2.16. The lowest BCUT2D eigenvalue weighted by molar-refractivity contribution is 0.102. The summed E-state index contributed by atoms with van der Waals surface area (Å²) in [5.74, 6) is -1.60. The van der Waals surface area contributed by atoms with Crippen molar-refractivity contribution >= 4 is 11.6 Å². The number of para-hydroxylation sites is 1. The number of hydrogen-bond donors (Lipinski definition) is 1. The summed E-state index contributed by atoms with van der Waals surface area (Å²) in [6.07, 6.45) is 1.72. The van der Waals surface area contributed by atoms with Crippen LogP contribution in [0.4, 0.5) is 14.5 Å². The van der Waals surface area contributed by atoms with Crippen molar-refractivity contribution in [2.45, 2.75) is 0 Å². The fraction of sp³-hybridized carbons (Fsp3) is 0.0833. The van der Waals surface area contributed by atoms with Crippen LogP contribution in [0.15, 0.2) is 72.9 Å². The third-order valence-electron chi connectivity index (χ3n) is 4.82. The summed E-state index contributed by atoms with van der Waals surface area (Å²) >= 11 is 0. The van der Waals surface area contributed by atoms with Gasteiger partial charge in [0.2, 0.25) is 0 Å². The minimum atomic E-state index is -1.06. The number of nitrogens with zero attached hydrogens (tertiary/aromatic N) is 2. The molecule has 0 aliphatic heterocycles. The number of halogens is 2. The molecule has 0 fully saturated rings. The molecule has 0 radical (unpaired) electrons. The molecule has 1 heterocycles. The average Bonchev–Trinajstić information content (AvgIpc) is 3.27. The number of hydrogen-bond acceptors (Lipinski definition) is 4. The predicted molar refractivity (Wildman–Crippen MR) is 116 cm³/mol. The second-order valence-corrected chi connectivity index (χ2v) is 6.82. The van der Waals surface area contributed by atoms with Crippen LogP contribution in [0, 0.1) is 11.6 Å². The summed E-state index contributed by atoms with van der Waals surface area (Å²) in [5, 5.41) is 7.03. The van der Waals surface area contributed by atoms with E-state index in [9.17, 15) is 13.6 Å². The fourth-order valence-electron chi connectivity index (χ4n) is 3.23. The number of ether oxygens (including phenoxy) is 2. The second kappa shape index (κ2) is 8.89. The molecule has 0 aliphatic rings. The molecular weight excluding hydrogens is 416 g/mol. The Balaban J connectivity index is 1.79. The van der Waals surface area contributed by atoms with Gasteiger partial charge in [0.1, 0.15) is 0 Å². The molecule has 0 aliphatic carbocycles. The lowest BCUT2D eigenvalue weighted by Gasteiger charge is -2.10. The molecule has 0 saturated heterocycles. The maximum Gasteiger partial charge on any atom is 0.276 e. The van der Waals surface area contributed by atoms with Gasteiger partial charge in [0.25, 0.3) is 5.91 Å². The molecule has 0 bridgehead atoms. The van der Waals surface area contributed by atoms with Crippen LogP contribution < -0.4 is 14.8 Å². The zero-order valence-corrected chi connectivity index (χ0v) is 17.3. The van der Waals surface area contributed by atoms with E-state index in [0.717, 1.165) is 17.8 Å². The van der Waals surface area contributed by atoms with Gasteiger partial charge in [-0.2, -0.15) is 5.10 Å². The topological polar surface area (TPSA) is 65.4 Å². The van der Waals surface area contributed by atoms with Crippen LogP contribution >= 0.6 is 0 Å². The van der Waals surface area contributed by atoms with Crippen LogP contribution in [0.5, 0.6) is 11.5 Å². The van der Waals surface area contributed by atoms with Crippen LogP contribution in [-0.4, -0.2) is 29.9 Å². The molecule has 1 N–H and O–H groups in total. The van der Waals surface area contributed by atoms with Crippen molar-refractivity contribution in [1.29, 1.82) is 0 Å². The van der Waals surface area contributed by atoms with Gasteiger partial charge in [0.15, 0.2) is 28.8 Å². The van der Waals surface area contributed by atoms with Crippen molar-refractivity contribution in [3.8, 4) is 28.3 Å². The van der Waals surface area contributed by atoms with E-state index in [4.69, 9.17) is 9.47 Å². The lowest BCUT2D eigenvalue weighted by atomic mass is 10.1. The molecule has 0 saturated carbocycles. The van der Waals surface area contributed by atoms with Gasteiger partial charge >= 0.3 is 0 Å². The summed E-state index contributed by atoms with van der Waals surface area (Å²) in [6, 6.07) is 17.7. The third kappa shape index (κ3) is 4.15. The lowest BCUT2D eigenvalue weighted by Crippen LogP contribution is -2.14. The number of anilines is 1. The summed E-state index contributed by atoms with van der Waals surface area (Å²) < 4.78 is 39.1. The second-order valence-electron chi connectivity index (χ2n) is 6.82. The van der Waals surface area contributed by atoms with Crippen molar-refractivity contribution in [3.63, 3.8) is 0 Å². The number of methoxy groups -OCH3 is 2. The van der Waals surface area contributed by atoms with Gasteiger partial charge in [0.05, 0.1) is 19.9 Å². The summed E-state index contributed by atoms with van der Waals surface area (Å²) in [7, 11) is 3.05. The first-order chi connectivity index (χ1) is 15.5. The average molecular weight is 435 g/mol. The highest BCUT2D eigenvalue weighted by molar-refractivity contribution is 6.07. The van der Waals surface area contributed by atoms with Gasteiger partial charge in [-0.05, 0) is 42.0 Å². The molecule has 8 heteroatoms. The zero-order valence-electron chi connectivity index (χ0n) is 17.3. The summed E-state index contributed by atoms with van der Waals surface area (Å²) in [6.45, 7) is 0. The van der Waals surface area contributed by atoms with E-state index in [1.807, 2.05) is 30.3 Å². The number of carbonyl (C=O) groups excluding carboxylic acids is 1. The molecule has 1 aromatic heterocycles. The van der Waals surface area contributed by atoms with Crippen molar-refractivity contribution in [3.05, 3.63) is 90.3 Å². The maximum atomic E-state index is 13.6. The van der Waals surface area contributed by atoms with Crippen LogP contribution in [-0.2, 0) is 0 Å². The molecule has 162 valence electrons. The number of amides is 1. The van der Waals surface area contributed by atoms with Gasteiger partial charge in [-0.15, -0.1) is 0 Å². The number of aromatic nitrogens is 2. The summed E-state index contributed by atoms with van der Waals surface area (Å²) in [4.78, 5) is 13.1. The highest BCUT2D eigenvalue weighted by Gasteiger charge is 2.21. The SMILES string of the molecule is COc1ccc(-c2cn(-c3ccccc3)nc2C(=O)Nc2ccc(F)c(F)c2)cc1OC. The first-order valence-corrected chi connectivity index (χ1v) is 9.64. The fourth-order valence-corrected chi connectivity index (χ4v) is 3.23. The molecule has 0 spiro atoms. The van der Waals surface area contributed by atoms with E-state index >= 15 is 0 Å². The van der Waals surface area contributed by atoms with Crippen LogP contribution in [0.3, 0.4) is 0 Å². The van der Waals surface area contributed by atoms with Gasteiger partial charge in [-0.1, -0.05) is 24.3 Å². The Hall–Kier alpha value is -4.20. The molecule has 4 rings (SSSR count). The largest absolute Gasteiger partial charge is 0.493 e. The van der Waals surface area contributed by atoms with Gasteiger partial charge in [-0.3, -0.25) is 4.79 Å². The number of carbonyl (C=O) groups is 1. The van der Waals surface area contributed by atoms with Gasteiger partial charge in [0, 0.05) is 23.5 Å². The number of benzene rings is 3. The van der Waals surface area contributed by atoms with Crippen molar-refractivity contribution in [2.24, 2.45) is 0 Å². The molecule has 6 nitrogen and oxygen atoms in total. The zero-order chi connectivity index (χ0) is 22.7. The molecule has 3 aromatic carbocycles. The van der Waals surface area contributed by atoms with Crippen molar-refractivity contribution in [2.75, 3.05) is 19.5 Å². The van der Waals surface area contributed by atoms with Crippen LogP contribution in [0.2, 0.25) is 0 Å². The van der Waals surface area contributed by atoms with Crippen molar-refractivity contribution < 1.29 is 23.0 Å². The minimum absolute atomic E-state index is 0.103. The number of nitrogens with one attached hydrogen (secondary N) is 1. The van der Waals surface area contributed by atoms with E-state index in [1.54, 1.807) is 29.1 Å². The van der Waals surface area contributed by atoms with E-state index in [2.05, 4.69) is 10.4 Å². The van der Waals surface area contributed by atoms with E-state index in [0.29, 0.717) is 22.6 Å². The molecule has 0 atom stereocenters. The minimum Gasteiger partial charge on any atom is -0.493 e. The molecule has 1 amide bonds. The Bertz CT molecular complexity index is 1270. The molecule has 4 aromatic rings. The van der Waals surface area contributed by atoms with Crippen LogP contribution in [0.25, 0.3) is 16.8 Å². The van der Waals surface area contributed by atoms with E-state index in [1.165, 1.54) is 20.3 Å². The Labute approximate surface area is 183 Å². The predicted octanol–water partition coefficient (Wildman–Crippen LogP) is 5.09. The Kier molecular flexibility index (Phi) is 5.85. The standard InChI is InChI=1S/C24H19F2N3O3/c1-31-21-11-8-15(12-22(21)32-2)18-14-29(17-6-4-3-5-7-17)28-23(18)24(30)27-16-9-10-19(25)20(26)13-16/h3-14H,1-2H3,(H,27,30). The first-order valence-electron chi connectivity index (χ1n) is 9.64. The maximum absolute atomic E-state index is 13.6. The smallest absolute Gasteiger partial charge is 0.276 e. The van der Waals surface area contributed by atoms with Gasteiger partial charge < -0.3 is 14.8 Å². The normalized spacial score (nSPS) is 10.6. The number of rotatable bonds is 6. The first kappa shape index (κ1) is 21.0. The molecule has 0 unspecified atom stereocenters. The van der Waals surface area contributed by atoms with Crippen molar-refractivity contribution in [1.82, 2.24) is 9.78 Å². The Morgan fingerprint density at radius 3 is 2.34 bits per heavy atom. The molecular formula is C24H19F2N3O3. The Morgan fingerprint density at radius 1 is 0.906 bits per heavy atom. The Morgan fingerprint density at radius 2 is 1.66 bits per heavy atom. The van der Waals surface area contributed by atoms with Gasteiger partial charge in [-0.25, -0.2) is 13.5 Å².